The fraction of sp³-hybridized carbons (Fsp3) is 0.600. The van der Waals surface area contributed by atoms with Crippen LogP contribution in [-0.4, -0.2) is 59.1 Å². The number of primary amides is 1. The SMILES string of the molecule is NC(=O)CC[C@H](NC(=O)CNC(=O)[C@@H](N)CO)C(=O)O. The maximum Gasteiger partial charge on any atom is 0.326 e. The number of carbonyl (C=O) groups excluding carboxylic acids is 3. The van der Waals surface area contributed by atoms with E-state index in [1.54, 1.807) is 0 Å². The number of nitrogens with one attached hydrogen (secondary N) is 2. The molecule has 0 bridgehead atoms. The van der Waals surface area contributed by atoms with Crippen LogP contribution in [0.1, 0.15) is 12.8 Å². The molecule has 0 saturated heterocycles. The molecule has 0 aromatic heterocycles. The number of hydrogen-bond acceptors (Lipinski definition) is 6. The second-order valence-corrected chi connectivity index (χ2v) is 3.97. The van der Waals surface area contributed by atoms with Crippen molar-refractivity contribution in [3.8, 4) is 0 Å². The quantitative estimate of drug-likeness (QED) is 0.252. The van der Waals surface area contributed by atoms with Crippen LogP contribution in [0.3, 0.4) is 0 Å². The van der Waals surface area contributed by atoms with Gasteiger partial charge in [0.1, 0.15) is 12.1 Å². The number of aliphatic hydroxyl groups is 1. The van der Waals surface area contributed by atoms with Crippen LogP contribution in [0.25, 0.3) is 0 Å². The third-order valence-corrected chi connectivity index (χ3v) is 2.27. The molecule has 0 spiro atoms. The highest BCUT2D eigenvalue weighted by Gasteiger charge is 2.21. The normalized spacial score (nSPS) is 13.1. The summed E-state index contributed by atoms with van der Waals surface area (Å²) in [5, 5.41) is 21.7. The molecule has 0 aliphatic heterocycles. The van der Waals surface area contributed by atoms with Gasteiger partial charge in [-0.25, -0.2) is 4.79 Å². The van der Waals surface area contributed by atoms with E-state index >= 15 is 0 Å². The standard InChI is InChI=1S/C10H18N4O6/c11-5(4-15)9(18)13-3-8(17)14-6(10(19)20)1-2-7(12)16/h5-6,15H,1-4,11H2,(H2,12,16)(H,13,18)(H,14,17)(H,19,20)/t5-,6-/m0/s1. The van der Waals surface area contributed by atoms with E-state index in [0.29, 0.717) is 0 Å². The van der Waals surface area contributed by atoms with Crippen molar-refractivity contribution in [1.29, 1.82) is 0 Å². The number of carbonyl (C=O) groups is 4. The van der Waals surface area contributed by atoms with Crippen molar-refractivity contribution in [2.24, 2.45) is 11.5 Å². The molecule has 0 radical (unpaired) electrons. The molecule has 20 heavy (non-hydrogen) atoms. The van der Waals surface area contributed by atoms with Crippen LogP contribution in [-0.2, 0) is 19.2 Å². The number of nitrogens with two attached hydrogens (primary N) is 2. The number of carboxylic acids is 1. The molecule has 0 saturated carbocycles. The summed E-state index contributed by atoms with van der Waals surface area (Å²) < 4.78 is 0. The molecule has 0 heterocycles. The first-order chi connectivity index (χ1) is 9.27. The lowest BCUT2D eigenvalue weighted by molar-refractivity contribution is -0.142. The van der Waals surface area contributed by atoms with Crippen LogP contribution in [0.4, 0.5) is 0 Å². The summed E-state index contributed by atoms with van der Waals surface area (Å²) in [7, 11) is 0. The van der Waals surface area contributed by atoms with E-state index in [-0.39, 0.29) is 12.8 Å². The Morgan fingerprint density at radius 2 is 1.80 bits per heavy atom. The van der Waals surface area contributed by atoms with Gasteiger partial charge in [0, 0.05) is 6.42 Å². The highest BCUT2D eigenvalue weighted by atomic mass is 16.4. The van der Waals surface area contributed by atoms with Gasteiger partial charge in [-0.1, -0.05) is 0 Å². The maximum atomic E-state index is 11.4. The smallest absolute Gasteiger partial charge is 0.326 e. The van der Waals surface area contributed by atoms with Crippen molar-refractivity contribution in [1.82, 2.24) is 10.6 Å². The van der Waals surface area contributed by atoms with Gasteiger partial charge in [0.05, 0.1) is 13.2 Å². The van der Waals surface area contributed by atoms with Crippen molar-refractivity contribution in [3.05, 3.63) is 0 Å². The van der Waals surface area contributed by atoms with Crippen molar-refractivity contribution >= 4 is 23.7 Å². The summed E-state index contributed by atoms with van der Waals surface area (Å²) in [4.78, 5) is 44.0. The molecule has 3 amide bonds. The molecule has 0 fully saturated rings. The predicted octanol–water partition coefficient (Wildman–Crippen LogP) is -3.74. The van der Waals surface area contributed by atoms with Crippen LogP contribution in [0.5, 0.6) is 0 Å². The van der Waals surface area contributed by atoms with Gasteiger partial charge in [0.15, 0.2) is 0 Å². The summed E-state index contributed by atoms with van der Waals surface area (Å²) in [5.41, 5.74) is 10.1. The van der Waals surface area contributed by atoms with Crippen LogP contribution in [0.15, 0.2) is 0 Å². The lowest BCUT2D eigenvalue weighted by Gasteiger charge is -2.14. The molecule has 2 atom stereocenters. The van der Waals surface area contributed by atoms with Gasteiger partial charge < -0.3 is 32.3 Å². The van der Waals surface area contributed by atoms with E-state index in [1.807, 2.05) is 0 Å². The monoisotopic (exact) mass is 290 g/mol. The Hall–Kier alpha value is -2.20. The fourth-order valence-corrected chi connectivity index (χ4v) is 1.17. The Kier molecular flexibility index (Phi) is 7.85. The second-order valence-electron chi connectivity index (χ2n) is 3.97. The van der Waals surface area contributed by atoms with E-state index in [2.05, 4.69) is 10.6 Å². The molecular formula is C10H18N4O6. The van der Waals surface area contributed by atoms with E-state index in [0.717, 1.165) is 0 Å². The molecule has 114 valence electrons. The van der Waals surface area contributed by atoms with Crippen LogP contribution in [0.2, 0.25) is 0 Å². The van der Waals surface area contributed by atoms with Gasteiger partial charge in [0.25, 0.3) is 0 Å². The predicted molar refractivity (Wildman–Crippen MR) is 66.1 cm³/mol. The van der Waals surface area contributed by atoms with Gasteiger partial charge >= 0.3 is 5.97 Å². The van der Waals surface area contributed by atoms with Gasteiger partial charge in [-0.05, 0) is 6.42 Å². The molecule has 0 rings (SSSR count). The molecule has 0 aromatic carbocycles. The van der Waals surface area contributed by atoms with Crippen molar-refractivity contribution in [3.63, 3.8) is 0 Å². The summed E-state index contributed by atoms with van der Waals surface area (Å²) in [6, 6.07) is -2.44. The molecular weight excluding hydrogens is 272 g/mol. The van der Waals surface area contributed by atoms with Crippen molar-refractivity contribution in [2.75, 3.05) is 13.2 Å². The van der Waals surface area contributed by atoms with Crippen molar-refractivity contribution in [2.45, 2.75) is 24.9 Å². The van der Waals surface area contributed by atoms with Gasteiger partial charge in [0.2, 0.25) is 17.7 Å². The molecule has 10 heteroatoms. The number of carboxylic acid groups (broad SMARTS) is 1. The van der Waals surface area contributed by atoms with E-state index in [4.69, 9.17) is 21.7 Å². The zero-order valence-electron chi connectivity index (χ0n) is 10.7. The van der Waals surface area contributed by atoms with E-state index in [9.17, 15) is 19.2 Å². The minimum Gasteiger partial charge on any atom is -0.480 e. The van der Waals surface area contributed by atoms with Crippen LogP contribution < -0.4 is 22.1 Å². The summed E-state index contributed by atoms with van der Waals surface area (Å²) in [5.74, 6) is -3.52. The average molecular weight is 290 g/mol. The molecule has 10 nitrogen and oxygen atoms in total. The second kappa shape index (κ2) is 8.82. The number of aliphatic carboxylic acids is 1. The number of aliphatic hydroxyl groups excluding tert-OH is 1. The molecule has 0 aliphatic carbocycles. The fourth-order valence-electron chi connectivity index (χ4n) is 1.17. The van der Waals surface area contributed by atoms with E-state index < -0.39 is 48.9 Å². The minimum absolute atomic E-state index is 0.152. The number of hydrogen-bond donors (Lipinski definition) is 6. The zero-order valence-corrected chi connectivity index (χ0v) is 10.7. The van der Waals surface area contributed by atoms with Gasteiger partial charge in [-0.2, -0.15) is 0 Å². The topological polar surface area (TPSA) is 185 Å². The Morgan fingerprint density at radius 1 is 1.20 bits per heavy atom. The van der Waals surface area contributed by atoms with Crippen molar-refractivity contribution < 1.29 is 29.4 Å². The summed E-state index contributed by atoms with van der Waals surface area (Å²) in [6.07, 6.45) is -0.348. The Labute approximate surface area is 114 Å². The first-order valence-electron chi connectivity index (χ1n) is 5.72. The zero-order chi connectivity index (χ0) is 15.7. The third kappa shape index (κ3) is 7.28. The summed E-state index contributed by atoms with van der Waals surface area (Å²) >= 11 is 0. The summed E-state index contributed by atoms with van der Waals surface area (Å²) in [6.45, 7) is -1.07. The van der Waals surface area contributed by atoms with Crippen LogP contribution in [0, 0.1) is 0 Å². The largest absolute Gasteiger partial charge is 0.480 e. The first kappa shape index (κ1) is 17.8. The Balaban J connectivity index is 4.23. The Morgan fingerprint density at radius 3 is 2.25 bits per heavy atom. The molecule has 8 N–H and O–H groups in total. The van der Waals surface area contributed by atoms with Gasteiger partial charge in [-0.3, -0.25) is 14.4 Å². The lowest BCUT2D eigenvalue weighted by atomic mass is 10.1. The van der Waals surface area contributed by atoms with Crippen LogP contribution >= 0.6 is 0 Å². The Bertz CT molecular complexity index is 386. The van der Waals surface area contributed by atoms with Gasteiger partial charge in [-0.15, -0.1) is 0 Å². The molecule has 0 aliphatic rings. The minimum atomic E-state index is -1.32. The first-order valence-corrected chi connectivity index (χ1v) is 5.72. The number of amides is 3. The van der Waals surface area contributed by atoms with E-state index in [1.165, 1.54) is 0 Å². The lowest BCUT2D eigenvalue weighted by Crippen LogP contribution is -2.49. The highest BCUT2D eigenvalue weighted by molar-refractivity contribution is 5.89. The third-order valence-electron chi connectivity index (χ3n) is 2.27. The molecule has 0 unspecified atom stereocenters. The maximum absolute atomic E-state index is 11.4. The average Bonchev–Trinajstić information content (AvgIpc) is 2.39. The highest BCUT2D eigenvalue weighted by Crippen LogP contribution is 1.97. The number of rotatable bonds is 9. The molecule has 0 aromatic rings.